The zero-order valence-electron chi connectivity index (χ0n) is 7.96. The SMILES string of the molecule is CC1CN(C(=O)NC(=O)CCl)CCO1. The number of carbonyl (C=O) groups is 2. The third-order valence-electron chi connectivity index (χ3n) is 1.90. The number of carbonyl (C=O) groups excluding carboxylic acids is 2. The van der Waals surface area contributed by atoms with Gasteiger partial charge >= 0.3 is 6.03 Å². The van der Waals surface area contributed by atoms with Gasteiger partial charge in [-0.25, -0.2) is 4.79 Å². The molecule has 0 aromatic carbocycles. The second kappa shape index (κ2) is 5.17. The molecule has 1 rings (SSSR count). The van der Waals surface area contributed by atoms with Crippen molar-refractivity contribution in [1.82, 2.24) is 10.2 Å². The highest BCUT2D eigenvalue weighted by Crippen LogP contribution is 2.03. The van der Waals surface area contributed by atoms with Gasteiger partial charge in [0.1, 0.15) is 5.88 Å². The van der Waals surface area contributed by atoms with Crippen molar-refractivity contribution in [2.24, 2.45) is 0 Å². The van der Waals surface area contributed by atoms with E-state index in [-0.39, 0.29) is 12.0 Å². The Labute approximate surface area is 87.3 Å². The van der Waals surface area contributed by atoms with Gasteiger partial charge in [0, 0.05) is 13.1 Å². The van der Waals surface area contributed by atoms with Crippen molar-refractivity contribution < 1.29 is 14.3 Å². The van der Waals surface area contributed by atoms with Gasteiger partial charge in [-0.15, -0.1) is 11.6 Å². The van der Waals surface area contributed by atoms with Gasteiger partial charge in [-0.1, -0.05) is 0 Å². The number of imide groups is 1. The Morgan fingerprint density at radius 2 is 2.36 bits per heavy atom. The molecule has 0 aromatic heterocycles. The topological polar surface area (TPSA) is 58.6 Å². The maximum Gasteiger partial charge on any atom is 0.324 e. The quantitative estimate of drug-likeness (QED) is 0.642. The number of nitrogens with zero attached hydrogens (tertiary/aromatic N) is 1. The van der Waals surface area contributed by atoms with E-state index in [1.807, 2.05) is 6.92 Å². The van der Waals surface area contributed by atoms with Crippen LogP contribution in [0.4, 0.5) is 4.79 Å². The maximum absolute atomic E-state index is 11.4. The second-order valence-electron chi connectivity index (χ2n) is 3.11. The molecule has 1 heterocycles. The standard InChI is InChI=1S/C8H13ClN2O3/c1-6-5-11(2-3-14-6)8(13)10-7(12)4-9/h6H,2-5H2,1H3,(H,10,12,13). The largest absolute Gasteiger partial charge is 0.375 e. The number of ether oxygens (including phenoxy) is 1. The van der Waals surface area contributed by atoms with E-state index in [0.717, 1.165) is 0 Å². The van der Waals surface area contributed by atoms with Crippen LogP contribution in [0.15, 0.2) is 0 Å². The minimum Gasteiger partial charge on any atom is -0.375 e. The summed E-state index contributed by atoms with van der Waals surface area (Å²) in [4.78, 5) is 23.8. The summed E-state index contributed by atoms with van der Waals surface area (Å²) < 4.78 is 5.26. The van der Waals surface area contributed by atoms with Crippen molar-refractivity contribution in [1.29, 1.82) is 0 Å². The van der Waals surface area contributed by atoms with Crippen LogP contribution in [0.2, 0.25) is 0 Å². The van der Waals surface area contributed by atoms with Gasteiger partial charge in [0.2, 0.25) is 5.91 Å². The number of alkyl halides is 1. The minimum absolute atomic E-state index is 0.0144. The Morgan fingerprint density at radius 3 is 2.93 bits per heavy atom. The molecular weight excluding hydrogens is 208 g/mol. The first-order valence-electron chi connectivity index (χ1n) is 4.40. The Bertz CT molecular complexity index is 235. The highest BCUT2D eigenvalue weighted by molar-refractivity contribution is 6.28. The number of halogens is 1. The normalized spacial score (nSPS) is 21.9. The molecule has 1 N–H and O–H groups in total. The van der Waals surface area contributed by atoms with Crippen molar-refractivity contribution in [3.05, 3.63) is 0 Å². The molecule has 0 radical (unpaired) electrons. The first-order chi connectivity index (χ1) is 6.63. The van der Waals surface area contributed by atoms with Crippen LogP contribution in [-0.4, -0.2) is 48.5 Å². The summed E-state index contributed by atoms with van der Waals surface area (Å²) in [5.41, 5.74) is 0. The van der Waals surface area contributed by atoms with E-state index in [1.54, 1.807) is 4.90 Å². The minimum atomic E-state index is -0.476. The fourth-order valence-electron chi connectivity index (χ4n) is 1.23. The van der Waals surface area contributed by atoms with E-state index in [4.69, 9.17) is 16.3 Å². The van der Waals surface area contributed by atoms with Crippen molar-refractivity contribution in [2.45, 2.75) is 13.0 Å². The average Bonchev–Trinajstić information content (AvgIpc) is 2.17. The lowest BCUT2D eigenvalue weighted by molar-refractivity contribution is -0.118. The van der Waals surface area contributed by atoms with Gasteiger partial charge in [0.25, 0.3) is 0 Å². The van der Waals surface area contributed by atoms with Crippen molar-refractivity contribution >= 4 is 23.5 Å². The highest BCUT2D eigenvalue weighted by Gasteiger charge is 2.22. The van der Waals surface area contributed by atoms with Crippen LogP contribution in [0.3, 0.4) is 0 Å². The molecule has 1 aliphatic rings. The summed E-state index contributed by atoms with van der Waals surface area (Å²) >= 11 is 5.26. The number of morpholine rings is 1. The van der Waals surface area contributed by atoms with Crippen LogP contribution >= 0.6 is 11.6 Å². The first kappa shape index (κ1) is 11.3. The molecular formula is C8H13ClN2O3. The molecule has 3 amide bonds. The van der Waals surface area contributed by atoms with E-state index in [1.165, 1.54) is 0 Å². The van der Waals surface area contributed by atoms with E-state index >= 15 is 0 Å². The number of nitrogens with one attached hydrogen (secondary N) is 1. The van der Waals surface area contributed by atoms with Gasteiger partial charge in [-0.05, 0) is 6.92 Å². The van der Waals surface area contributed by atoms with Crippen LogP contribution in [0.1, 0.15) is 6.92 Å². The van der Waals surface area contributed by atoms with Crippen LogP contribution < -0.4 is 5.32 Å². The molecule has 0 aromatic rings. The summed E-state index contributed by atoms with van der Waals surface area (Å²) in [6.07, 6.45) is 0.0144. The Morgan fingerprint density at radius 1 is 1.64 bits per heavy atom. The predicted molar refractivity (Wildman–Crippen MR) is 51.2 cm³/mol. The summed E-state index contributed by atoms with van der Waals surface area (Å²) in [7, 11) is 0. The number of urea groups is 1. The summed E-state index contributed by atoms with van der Waals surface area (Å²) in [5.74, 6) is -0.679. The van der Waals surface area contributed by atoms with Crippen molar-refractivity contribution in [3.8, 4) is 0 Å². The molecule has 0 aliphatic carbocycles. The fraction of sp³-hybridized carbons (Fsp3) is 0.750. The van der Waals surface area contributed by atoms with E-state index in [9.17, 15) is 9.59 Å². The van der Waals surface area contributed by atoms with Gasteiger partial charge < -0.3 is 9.64 Å². The molecule has 0 spiro atoms. The van der Waals surface area contributed by atoms with Crippen molar-refractivity contribution in [2.75, 3.05) is 25.6 Å². The zero-order chi connectivity index (χ0) is 10.6. The molecule has 0 saturated carbocycles. The number of rotatable bonds is 1. The van der Waals surface area contributed by atoms with Gasteiger partial charge in [-0.2, -0.15) is 0 Å². The van der Waals surface area contributed by atoms with Crippen molar-refractivity contribution in [3.63, 3.8) is 0 Å². The molecule has 5 nitrogen and oxygen atoms in total. The lowest BCUT2D eigenvalue weighted by atomic mass is 10.3. The van der Waals surface area contributed by atoms with Crippen LogP contribution in [0.25, 0.3) is 0 Å². The number of amides is 3. The highest BCUT2D eigenvalue weighted by atomic mass is 35.5. The van der Waals surface area contributed by atoms with Gasteiger partial charge in [0.15, 0.2) is 0 Å². The van der Waals surface area contributed by atoms with Crippen LogP contribution in [0, 0.1) is 0 Å². The molecule has 6 heteroatoms. The molecule has 1 unspecified atom stereocenters. The fourth-order valence-corrected chi connectivity index (χ4v) is 1.30. The lowest BCUT2D eigenvalue weighted by Crippen LogP contribution is -2.50. The average molecular weight is 221 g/mol. The predicted octanol–water partition coefficient (Wildman–Crippen LogP) is 0.182. The first-order valence-corrected chi connectivity index (χ1v) is 4.93. The zero-order valence-corrected chi connectivity index (χ0v) is 8.71. The second-order valence-corrected chi connectivity index (χ2v) is 3.38. The summed E-state index contributed by atoms with van der Waals surface area (Å²) in [5, 5.41) is 2.18. The number of hydrogen-bond acceptors (Lipinski definition) is 3. The lowest BCUT2D eigenvalue weighted by Gasteiger charge is -2.30. The molecule has 1 fully saturated rings. The third-order valence-corrected chi connectivity index (χ3v) is 2.14. The smallest absolute Gasteiger partial charge is 0.324 e. The molecule has 80 valence electrons. The van der Waals surface area contributed by atoms with E-state index in [0.29, 0.717) is 19.7 Å². The van der Waals surface area contributed by atoms with Crippen LogP contribution in [-0.2, 0) is 9.53 Å². The van der Waals surface area contributed by atoms with E-state index in [2.05, 4.69) is 5.32 Å². The monoisotopic (exact) mass is 220 g/mol. The molecule has 14 heavy (non-hydrogen) atoms. The van der Waals surface area contributed by atoms with E-state index < -0.39 is 11.9 Å². The third kappa shape index (κ3) is 3.16. The Hall–Kier alpha value is -0.810. The summed E-state index contributed by atoms with van der Waals surface area (Å²) in [6.45, 7) is 3.39. The molecule has 0 bridgehead atoms. The van der Waals surface area contributed by atoms with Crippen LogP contribution in [0.5, 0.6) is 0 Å². The molecule has 1 saturated heterocycles. The van der Waals surface area contributed by atoms with Gasteiger partial charge in [0.05, 0.1) is 12.7 Å². The Kier molecular flexibility index (Phi) is 4.16. The van der Waals surface area contributed by atoms with Gasteiger partial charge in [-0.3, -0.25) is 10.1 Å². The summed E-state index contributed by atoms with van der Waals surface area (Å²) in [6, 6.07) is -0.397. The number of hydrogen-bond donors (Lipinski definition) is 1. The Balaban J connectivity index is 2.39. The maximum atomic E-state index is 11.4. The molecule has 1 atom stereocenters. The molecule has 1 aliphatic heterocycles.